The molecule has 2 rings (SSSR count). The van der Waals surface area contributed by atoms with E-state index in [0.29, 0.717) is 7.11 Å². The average molecular weight is 617 g/mol. The topological polar surface area (TPSA) is 43.4 Å². The molecule has 0 atom stereocenters. The van der Waals surface area contributed by atoms with Gasteiger partial charge in [0.05, 0.1) is 7.11 Å². The van der Waals surface area contributed by atoms with Crippen LogP contribution < -0.4 is 0 Å². The van der Waals surface area contributed by atoms with E-state index in [1.54, 1.807) is 0 Å². The third kappa shape index (κ3) is 8.79. The minimum absolute atomic E-state index is 0. The van der Waals surface area contributed by atoms with Crippen LogP contribution in [-0.2, 0) is 66.7 Å². The summed E-state index contributed by atoms with van der Waals surface area (Å²) in [5, 5.41) is 0. The molecule has 2 aromatic rings. The first-order chi connectivity index (χ1) is 12.9. The number of hydrogen-bond acceptors (Lipinski definition) is 3. The molecule has 9 heteroatoms. The second kappa shape index (κ2) is 13.8. The van der Waals surface area contributed by atoms with Crippen LogP contribution in [0.1, 0.15) is 55.6 Å². The van der Waals surface area contributed by atoms with E-state index in [1.807, 2.05) is 0 Å². The number of halogens is 3. The van der Waals surface area contributed by atoms with Crippen molar-refractivity contribution in [1.29, 1.82) is 0 Å². The Hall–Kier alpha value is 0.166. The standard InChI is InChI=1S/2C10H15.C2H3F3O3S.2Zr/c2*1-6-7(2)9(4)10(5)8(6)3;1-8-9(6,7)2(3,4)5;;/h2*1-5H3;1H3;;/q2*-1;;;. The van der Waals surface area contributed by atoms with E-state index < -0.39 is 15.6 Å². The molecule has 0 aliphatic rings. The monoisotopic (exact) mass is 614 g/mol. The Morgan fingerprint density at radius 1 is 0.645 bits per heavy atom. The van der Waals surface area contributed by atoms with Gasteiger partial charge in [0, 0.05) is 52.4 Å². The van der Waals surface area contributed by atoms with Crippen LogP contribution in [0.5, 0.6) is 0 Å². The van der Waals surface area contributed by atoms with E-state index in [-0.39, 0.29) is 52.4 Å². The van der Waals surface area contributed by atoms with Crippen molar-refractivity contribution in [3.8, 4) is 0 Å². The van der Waals surface area contributed by atoms with E-state index in [2.05, 4.69) is 73.4 Å². The summed E-state index contributed by atoms with van der Waals surface area (Å²) >= 11 is 0. The van der Waals surface area contributed by atoms with E-state index in [0.717, 1.165) is 0 Å². The molecule has 31 heavy (non-hydrogen) atoms. The van der Waals surface area contributed by atoms with Crippen LogP contribution in [0.2, 0.25) is 0 Å². The van der Waals surface area contributed by atoms with Crippen molar-refractivity contribution in [2.24, 2.45) is 0 Å². The van der Waals surface area contributed by atoms with Gasteiger partial charge in [-0.1, -0.05) is 69.2 Å². The first-order valence-electron chi connectivity index (χ1n) is 9.18. The van der Waals surface area contributed by atoms with E-state index >= 15 is 0 Å². The van der Waals surface area contributed by atoms with Gasteiger partial charge < -0.3 is 0 Å². The predicted octanol–water partition coefficient (Wildman–Crippen LogP) is 6.37. The van der Waals surface area contributed by atoms with Crippen LogP contribution in [0.4, 0.5) is 13.2 Å². The molecule has 3 nitrogen and oxygen atoms in total. The summed E-state index contributed by atoms with van der Waals surface area (Å²) in [5.41, 5.74) is 9.37. The summed E-state index contributed by atoms with van der Waals surface area (Å²) in [7, 11) is -4.89. The fourth-order valence-corrected chi connectivity index (χ4v) is 3.10. The maximum atomic E-state index is 11.1. The Labute approximate surface area is 224 Å². The molecule has 0 N–H and O–H groups in total. The molecular weight excluding hydrogens is 584 g/mol. The Balaban J connectivity index is -0.000000368. The van der Waals surface area contributed by atoms with Crippen molar-refractivity contribution in [1.82, 2.24) is 0 Å². The third-order valence-electron chi connectivity index (χ3n) is 6.13. The summed E-state index contributed by atoms with van der Waals surface area (Å²) in [5.74, 6) is 0. The molecule has 0 amide bonds. The minimum Gasteiger partial charge on any atom is -0.267 e. The van der Waals surface area contributed by atoms with Crippen LogP contribution in [0.15, 0.2) is 0 Å². The van der Waals surface area contributed by atoms with Gasteiger partial charge in [0.1, 0.15) is 0 Å². The first-order valence-corrected chi connectivity index (χ1v) is 10.6. The molecule has 0 saturated carbocycles. The molecule has 0 aliphatic heterocycles. The number of hydrogen-bond donors (Lipinski definition) is 0. The van der Waals surface area contributed by atoms with Gasteiger partial charge in [-0.15, -0.1) is 0 Å². The molecule has 0 aromatic heterocycles. The molecule has 0 saturated heterocycles. The van der Waals surface area contributed by atoms with Crippen LogP contribution in [0.3, 0.4) is 0 Å². The van der Waals surface area contributed by atoms with Gasteiger partial charge in [-0.3, -0.25) is 4.18 Å². The van der Waals surface area contributed by atoms with Crippen LogP contribution in [0, 0.1) is 69.2 Å². The molecule has 2 aromatic carbocycles. The van der Waals surface area contributed by atoms with E-state index in [4.69, 9.17) is 0 Å². The van der Waals surface area contributed by atoms with Gasteiger partial charge in [-0.05, 0) is 0 Å². The Morgan fingerprint density at radius 3 is 0.871 bits per heavy atom. The number of alkyl halides is 3. The minimum atomic E-state index is -5.34. The Morgan fingerprint density at radius 2 is 0.839 bits per heavy atom. The zero-order valence-electron chi connectivity index (χ0n) is 20.3. The molecule has 0 aliphatic carbocycles. The van der Waals surface area contributed by atoms with Gasteiger partial charge in [0.15, 0.2) is 0 Å². The van der Waals surface area contributed by atoms with Crippen LogP contribution >= 0.6 is 0 Å². The van der Waals surface area contributed by atoms with E-state index in [9.17, 15) is 21.6 Å². The normalized spacial score (nSPS) is 10.8. The van der Waals surface area contributed by atoms with Gasteiger partial charge in [-0.25, -0.2) is 0 Å². The van der Waals surface area contributed by atoms with Crippen molar-refractivity contribution in [2.75, 3.05) is 7.11 Å². The van der Waals surface area contributed by atoms with Gasteiger partial charge in [-0.2, -0.15) is 77.2 Å². The van der Waals surface area contributed by atoms with Gasteiger partial charge >= 0.3 is 15.6 Å². The van der Waals surface area contributed by atoms with Crippen LogP contribution in [0.25, 0.3) is 0 Å². The summed E-state index contributed by atoms with van der Waals surface area (Å²) < 4.78 is 55.9. The zero-order chi connectivity index (χ0) is 23.5. The molecule has 0 unspecified atom stereocenters. The number of rotatable bonds is 1. The zero-order valence-corrected chi connectivity index (χ0v) is 26.0. The Kier molecular flexibility index (Phi) is 15.9. The van der Waals surface area contributed by atoms with Crippen molar-refractivity contribution in [3.63, 3.8) is 0 Å². The second-order valence-electron chi connectivity index (χ2n) is 7.32. The van der Waals surface area contributed by atoms with Crippen LogP contribution in [-0.4, -0.2) is 21.0 Å². The smallest absolute Gasteiger partial charge is 0.267 e. The largest absolute Gasteiger partial charge is 0.523 e. The van der Waals surface area contributed by atoms with Crippen molar-refractivity contribution in [3.05, 3.63) is 55.6 Å². The summed E-state index contributed by atoms with van der Waals surface area (Å²) in [4.78, 5) is 0. The average Bonchev–Trinajstić information content (AvgIpc) is 2.92. The van der Waals surface area contributed by atoms with Crippen molar-refractivity contribution < 1.29 is 78.2 Å². The summed E-state index contributed by atoms with van der Waals surface area (Å²) in [6.07, 6.45) is 0. The quantitative estimate of drug-likeness (QED) is 0.212. The molecule has 0 spiro atoms. The molecule has 0 fully saturated rings. The molecule has 0 bridgehead atoms. The fourth-order valence-electron chi connectivity index (χ4n) is 2.91. The van der Waals surface area contributed by atoms with Gasteiger partial charge in [0.2, 0.25) is 0 Å². The fraction of sp³-hybridized carbons (Fsp3) is 0.545. The third-order valence-corrected chi connectivity index (χ3v) is 7.13. The summed E-state index contributed by atoms with van der Waals surface area (Å²) in [6, 6.07) is 0. The second-order valence-corrected chi connectivity index (χ2v) is 9.02. The molecule has 176 valence electrons. The molecular formula is C22H33F3O3SZr2-2. The molecule has 0 radical (unpaired) electrons. The molecule has 0 heterocycles. The Bertz CT molecular complexity index is 737. The predicted molar refractivity (Wildman–Crippen MR) is 113 cm³/mol. The summed E-state index contributed by atoms with van der Waals surface area (Å²) in [6.45, 7) is 22.0. The first kappa shape index (κ1) is 35.7. The maximum absolute atomic E-state index is 11.1. The SMILES string of the molecule is COS(=O)(=O)C(F)(F)F.Cc1c(C)c(C)[c-](C)c1C.Cc1c(C)c(C)[c-](C)c1C.[Zr].[Zr]. The maximum Gasteiger partial charge on any atom is 0.523 e. The van der Waals surface area contributed by atoms with E-state index in [1.165, 1.54) is 55.6 Å². The van der Waals surface area contributed by atoms with Gasteiger partial charge in [0.25, 0.3) is 0 Å². The van der Waals surface area contributed by atoms with Crippen molar-refractivity contribution in [2.45, 2.75) is 74.7 Å². The van der Waals surface area contributed by atoms with Crippen molar-refractivity contribution >= 4 is 10.1 Å².